The minimum absolute atomic E-state index is 0.125. The number of rotatable bonds is 4. The van der Waals surface area contributed by atoms with Gasteiger partial charge in [-0.2, -0.15) is 4.98 Å². The summed E-state index contributed by atoms with van der Waals surface area (Å²) in [7, 11) is 3.13. The molecule has 1 amide bonds. The highest BCUT2D eigenvalue weighted by atomic mass is 35.5. The predicted octanol–water partition coefficient (Wildman–Crippen LogP) is 2.43. The van der Waals surface area contributed by atoms with Crippen molar-refractivity contribution in [1.82, 2.24) is 14.9 Å². The first-order valence-corrected chi connectivity index (χ1v) is 10.1. The number of benzene rings is 2. The summed E-state index contributed by atoms with van der Waals surface area (Å²) in [5.74, 6) is 1.87. The van der Waals surface area contributed by atoms with Crippen molar-refractivity contribution in [1.29, 1.82) is 0 Å². The average molecular weight is 443 g/mol. The summed E-state index contributed by atoms with van der Waals surface area (Å²) in [5.41, 5.74) is 13.5. The molecule has 31 heavy (non-hydrogen) atoms. The van der Waals surface area contributed by atoms with E-state index in [1.807, 2.05) is 4.90 Å². The molecule has 0 saturated carbocycles. The van der Waals surface area contributed by atoms with Crippen LogP contribution >= 0.6 is 11.6 Å². The maximum atomic E-state index is 12.8. The molecule has 3 aromatic rings. The first-order chi connectivity index (χ1) is 14.9. The molecule has 1 saturated heterocycles. The molecule has 0 spiro atoms. The zero-order valence-corrected chi connectivity index (χ0v) is 18.0. The second kappa shape index (κ2) is 8.35. The lowest BCUT2D eigenvalue weighted by atomic mass is 10.1. The normalized spacial score (nSPS) is 14.0. The molecule has 0 unspecified atom stereocenters. The van der Waals surface area contributed by atoms with Gasteiger partial charge in [-0.05, 0) is 24.3 Å². The summed E-state index contributed by atoms with van der Waals surface area (Å²) in [5, 5.41) is 1.04. The molecule has 0 radical (unpaired) electrons. The van der Waals surface area contributed by atoms with Gasteiger partial charge in [0.15, 0.2) is 11.5 Å². The van der Waals surface area contributed by atoms with Crippen LogP contribution in [0.5, 0.6) is 11.5 Å². The Morgan fingerprint density at radius 1 is 1.00 bits per heavy atom. The number of nitrogen functional groups attached to an aromatic ring is 2. The summed E-state index contributed by atoms with van der Waals surface area (Å²) < 4.78 is 10.7. The van der Waals surface area contributed by atoms with E-state index in [1.165, 1.54) is 0 Å². The van der Waals surface area contributed by atoms with Crippen LogP contribution in [0.1, 0.15) is 10.4 Å². The third kappa shape index (κ3) is 3.96. The number of amides is 1. The van der Waals surface area contributed by atoms with Crippen LogP contribution in [0.4, 0.5) is 17.5 Å². The number of hydrogen-bond acceptors (Lipinski definition) is 8. The number of hydrogen-bond donors (Lipinski definition) is 2. The number of nitrogens with two attached hydrogens (primary N) is 2. The minimum Gasteiger partial charge on any atom is -0.493 e. The number of piperazine rings is 1. The maximum absolute atomic E-state index is 12.8. The number of methoxy groups -OCH3 is 2. The lowest BCUT2D eigenvalue weighted by Crippen LogP contribution is -2.49. The second-order valence-electron chi connectivity index (χ2n) is 7.15. The fourth-order valence-electron chi connectivity index (χ4n) is 3.59. The van der Waals surface area contributed by atoms with Gasteiger partial charge in [0.1, 0.15) is 5.82 Å². The number of carbonyl (C=O) groups is 1. The van der Waals surface area contributed by atoms with Crippen LogP contribution in [-0.2, 0) is 0 Å². The molecule has 1 aliphatic heterocycles. The van der Waals surface area contributed by atoms with E-state index in [-0.39, 0.29) is 5.91 Å². The molecule has 1 fully saturated rings. The van der Waals surface area contributed by atoms with Crippen LogP contribution in [0.2, 0.25) is 5.02 Å². The Kier molecular flexibility index (Phi) is 5.60. The second-order valence-corrected chi connectivity index (χ2v) is 7.56. The molecular formula is C21H23ClN6O3. The summed E-state index contributed by atoms with van der Waals surface area (Å²) in [6.07, 6.45) is 0. The zero-order valence-electron chi connectivity index (χ0n) is 17.3. The fraction of sp³-hybridized carbons (Fsp3) is 0.286. The monoisotopic (exact) mass is 442 g/mol. The SMILES string of the molecule is COc1cc2nc(N3CCN(C(=O)c4ccc(N)cc4Cl)CC3)nc(N)c2cc1OC. The van der Waals surface area contributed by atoms with E-state index in [0.29, 0.717) is 76.6 Å². The van der Waals surface area contributed by atoms with Crippen molar-refractivity contribution in [3.63, 3.8) is 0 Å². The van der Waals surface area contributed by atoms with E-state index in [2.05, 4.69) is 9.97 Å². The van der Waals surface area contributed by atoms with Crippen LogP contribution in [0.3, 0.4) is 0 Å². The van der Waals surface area contributed by atoms with E-state index >= 15 is 0 Å². The zero-order chi connectivity index (χ0) is 22.1. The van der Waals surface area contributed by atoms with Crippen LogP contribution in [0.15, 0.2) is 30.3 Å². The summed E-state index contributed by atoms with van der Waals surface area (Å²) in [4.78, 5) is 25.7. The summed E-state index contributed by atoms with van der Waals surface area (Å²) in [6, 6.07) is 8.45. The van der Waals surface area contributed by atoms with E-state index in [1.54, 1.807) is 49.5 Å². The predicted molar refractivity (Wildman–Crippen MR) is 121 cm³/mol. The smallest absolute Gasteiger partial charge is 0.255 e. The van der Waals surface area contributed by atoms with Crippen LogP contribution in [0, 0.1) is 0 Å². The molecule has 1 aromatic heterocycles. The highest BCUT2D eigenvalue weighted by Gasteiger charge is 2.25. The van der Waals surface area contributed by atoms with Gasteiger partial charge in [-0.15, -0.1) is 0 Å². The number of carbonyl (C=O) groups excluding carboxylic acids is 1. The van der Waals surface area contributed by atoms with E-state index < -0.39 is 0 Å². The molecule has 2 heterocycles. The van der Waals surface area contributed by atoms with Gasteiger partial charge in [0.2, 0.25) is 5.95 Å². The van der Waals surface area contributed by atoms with Gasteiger partial charge in [0, 0.05) is 43.3 Å². The largest absolute Gasteiger partial charge is 0.493 e. The third-order valence-corrected chi connectivity index (χ3v) is 5.60. The van der Waals surface area contributed by atoms with Crippen molar-refractivity contribution in [3.8, 4) is 11.5 Å². The topological polar surface area (TPSA) is 120 Å². The number of halogens is 1. The van der Waals surface area contributed by atoms with Crippen LogP contribution in [-0.4, -0.2) is 61.2 Å². The Balaban J connectivity index is 1.53. The summed E-state index contributed by atoms with van der Waals surface area (Å²) >= 11 is 6.20. The molecule has 2 aromatic carbocycles. The first-order valence-electron chi connectivity index (χ1n) is 9.69. The van der Waals surface area contributed by atoms with Crippen LogP contribution < -0.4 is 25.8 Å². The highest BCUT2D eigenvalue weighted by molar-refractivity contribution is 6.34. The van der Waals surface area contributed by atoms with Gasteiger partial charge in [0.25, 0.3) is 5.91 Å². The van der Waals surface area contributed by atoms with E-state index in [4.69, 9.17) is 32.5 Å². The van der Waals surface area contributed by atoms with Crippen molar-refractivity contribution in [2.75, 3.05) is 56.8 Å². The first kappa shape index (κ1) is 20.8. The summed E-state index contributed by atoms with van der Waals surface area (Å²) in [6.45, 7) is 2.15. The Hall–Kier alpha value is -3.46. The number of ether oxygens (including phenoxy) is 2. The van der Waals surface area contributed by atoms with Crippen molar-refractivity contribution < 1.29 is 14.3 Å². The van der Waals surface area contributed by atoms with Gasteiger partial charge in [-0.25, -0.2) is 4.98 Å². The third-order valence-electron chi connectivity index (χ3n) is 5.29. The number of nitrogens with zero attached hydrogens (tertiary/aromatic N) is 4. The number of fused-ring (bicyclic) bond motifs is 1. The Bertz CT molecular complexity index is 1150. The lowest BCUT2D eigenvalue weighted by molar-refractivity contribution is 0.0746. The lowest BCUT2D eigenvalue weighted by Gasteiger charge is -2.35. The molecule has 1 aliphatic rings. The van der Waals surface area contributed by atoms with Crippen LogP contribution in [0.25, 0.3) is 10.9 Å². The number of anilines is 3. The average Bonchev–Trinajstić information content (AvgIpc) is 2.78. The van der Waals surface area contributed by atoms with Gasteiger partial charge in [-0.3, -0.25) is 4.79 Å². The van der Waals surface area contributed by atoms with Gasteiger partial charge < -0.3 is 30.7 Å². The van der Waals surface area contributed by atoms with Crippen molar-refractivity contribution in [2.45, 2.75) is 0 Å². The minimum atomic E-state index is -0.125. The van der Waals surface area contributed by atoms with Gasteiger partial charge in [-0.1, -0.05) is 11.6 Å². The van der Waals surface area contributed by atoms with Gasteiger partial charge in [0.05, 0.1) is 30.3 Å². The molecule has 0 atom stereocenters. The molecule has 9 nitrogen and oxygen atoms in total. The van der Waals surface area contributed by atoms with E-state index in [0.717, 1.165) is 0 Å². The van der Waals surface area contributed by atoms with E-state index in [9.17, 15) is 4.79 Å². The molecule has 162 valence electrons. The number of aromatic nitrogens is 2. The highest BCUT2D eigenvalue weighted by Crippen LogP contribution is 2.34. The standard InChI is InChI=1S/C21H23ClN6O3/c1-30-17-10-14-16(11-18(17)31-2)25-21(26-19(14)24)28-7-5-27(6-8-28)20(29)13-4-3-12(23)9-15(13)22/h3-4,9-11H,5-8,23H2,1-2H3,(H2,24,25,26). The molecule has 10 heteroatoms. The molecule has 0 aliphatic carbocycles. The molecule has 4 rings (SSSR count). The quantitative estimate of drug-likeness (QED) is 0.591. The van der Waals surface area contributed by atoms with Crippen molar-refractivity contribution in [2.24, 2.45) is 0 Å². The Morgan fingerprint density at radius 2 is 1.68 bits per heavy atom. The Labute approximate surface area is 184 Å². The molecule has 4 N–H and O–H groups in total. The maximum Gasteiger partial charge on any atom is 0.255 e. The molecular weight excluding hydrogens is 420 g/mol. The van der Waals surface area contributed by atoms with Crippen molar-refractivity contribution in [3.05, 3.63) is 40.9 Å². The van der Waals surface area contributed by atoms with Gasteiger partial charge >= 0.3 is 0 Å². The fourth-order valence-corrected chi connectivity index (χ4v) is 3.86. The molecule has 0 bridgehead atoms. The Morgan fingerprint density at radius 3 is 2.32 bits per heavy atom. The van der Waals surface area contributed by atoms with Crippen molar-refractivity contribution >= 4 is 45.9 Å².